The highest BCUT2D eigenvalue weighted by atomic mass is 35.5. The Morgan fingerprint density at radius 1 is 1.20 bits per heavy atom. The van der Waals surface area contributed by atoms with Crippen LogP contribution in [-0.2, 0) is 6.42 Å². The predicted molar refractivity (Wildman–Crippen MR) is 83.8 cm³/mol. The zero-order chi connectivity index (χ0) is 14.1. The molecule has 2 heterocycles. The Labute approximate surface area is 132 Å². The summed E-state index contributed by atoms with van der Waals surface area (Å²) in [7, 11) is 0. The van der Waals surface area contributed by atoms with Crippen LogP contribution in [0.25, 0.3) is 0 Å². The van der Waals surface area contributed by atoms with Gasteiger partial charge >= 0.3 is 0 Å². The van der Waals surface area contributed by atoms with Crippen LogP contribution in [0.4, 0.5) is 0 Å². The van der Waals surface area contributed by atoms with Gasteiger partial charge in [0, 0.05) is 20.8 Å². The summed E-state index contributed by atoms with van der Waals surface area (Å²) >= 11 is 14.6. The first-order chi connectivity index (χ1) is 9.69. The number of alkyl halides is 1. The number of fused-ring (bicyclic) bond motifs is 1. The van der Waals surface area contributed by atoms with Gasteiger partial charge in [-0.05, 0) is 30.2 Å². The van der Waals surface area contributed by atoms with Gasteiger partial charge in [0.05, 0.1) is 5.38 Å². The Hall–Kier alpha value is -0.900. The van der Waals surface area contributed by atoms with Crippen LogP contribution < -0.4 is 9.47 Å². The highest BCUT2D eigenvalue weighted by Crippen LogP contribution is 2.43. The van der Waals surface area contributed by atoms with Crippen LogP contribution in [0.3, 0.4) is 0 Å². The summed E-state index contributed by atoms with van der Waals surface area (Å²) in [6.45, 7) is 3.24. The normalized spacial score (nSPS) is 15.2. The van der Waals surface area contributed by atoms with Crippen LogP contribution in [0.15, 0.2) is 24.3 Å². The van der Waals surface area contributed by atoms with Crippen molar-refractivity contribution in [2.75, 3.05) is 13.2 Å². The first kappa shape index (κ1) is 14.1. The fraction of sp³-hybridized carbons (Fsp3) is 0.333. The van der Waals surface area contributed by atoms with E-state index in [1.54, 1.807) is 17.4 Å². The molecule has 20 heavy (non-hydrogen) atoms. The van der Waals surface area contributed by atoms with Gasteiger partial charge in [-0.1, -0.05) is 18.5 Å². The van der Waals surface area contributed by atoms with E-state index in [1.165, 1.54) is 4.88 Å². The molecule has 2 aromatic rings. The van der Waals surface area contributed by atoms with Gasteiger partial charge in [-0.15, -0.1) is 22.9 Å². The summed E-state index contributed by atoms with van der Waals surface area (Å²) in [4.78, 5) is 2.42. The third-order valence-corrected chi connectivity index (χ3v) is 5.44. The topological polar surface area (TPSA) is 18.5 Å². The van der Waals surface area contributed by atoms with E-state index < -0.39 is 0 Å². The summed E-state index contributed by atoms with van der Waals surface area (Å²) in [5.74, 6) is 1.41. The second kappa shape index (κ2) is 5.84. The highest BCUT2D eigenvalue weighted by Gasteiger charge is 2.21. The van der Waals surface area contributed by atoms with Crippen molar-refractivity contribution >= 4 is 34.5 Å². The molecule has 2 nitrogen and oxygen atoms in total. The second-order valence-electron chi connectivity index (χ2n) is 4.54. The fourth-order valence-electron chi connectivity index (χ4n) is 2.15. The molecule has 1 aromatic carbocycles. The SMILES string of the molecule is CCc1ccc(C(Cl)c2cc3c(cc2Cl)OCCO3)s1. The average molecular weight is 329 g/mol. The van der Waals surface area contributed by atoms with E-state index in [0.29, 0.717) is 29.7 Å². The molecule has 0 bridgehead atoms. The standard InChI is InChI=1S/C15H14Cl2O2S/c1-2-9-3-4-14(20-9)15(17)10-7-12-13(8-11(10)16)19-6-5-18-12/h3-4,7-8,15H,2,5-6H2,1H3. The van der Waals surface area contributed by atoms with Crippen molar-refractivity contribution in [3.8, 4) is 11.5 Å². The van der Waals surface area contributed by atoms with E-state index in [-0.39, 0.29) is 5.38 Å². The molecule has 3 rings (SSSR count). The van der Waals surface area contributed by atoms with Crippen LogP contribution in [-0.4, -0.2) is 13.2 Å². The molecule has 1 aliphatic rings. The number of rotatable bonds is 3. The van der Waals surface area contributed by atoms with Crippen molar-refractivity contribution < 1.29 is 9.47 Å². The Bertz CT molecular complexity index is 624. The summed E-state index contributed by atoms with van der Waals surface area (Å²) < 4.78 is 11.1. The first-order valence-corrected chi connectivity index (χ1v) is 8.14. The third-order valence-electron chi connectivity index (χ3n) is 3.22. The molecule has 5 heteroatoms. The summed E-state index contributed by atoms with van der Waals surface area (Å²) in [5, 5.41) is 0.351. The largest absolute Gasteiger partial charge is 0.486 e. The number of benzene rings is 1. The third kappa shape index (κ3) is 2.62. The molecule has 0 amide bonds. The van der Waals surface area contributed by atoms with Gasteiger partial charge in [-0.2, -0.15) is 0 Å². The van der Waals surface area contributed by atoms with E-state index in [9.17, 15) is 0 Å². The summed E-state index contributed by atoms with van der Waals surface area (Å²) in [6, 6.07) is 7.85. The summed E-state index contributed by atoms with van der Waals surface area (Å²) in [6.07, 6.45) is 1.02. The maximum absolute atomic E-state index is 6.58. The van der Waals surface area contributed by atoms with Crippen molar-refractivity contribution in [1.82, 2.24) is 0 Å². The molecule has 1 aliphatic heterocycles. The van der Waals surface area contributed by atoms with Crippen LogP contribution in [0.2, 0.25) is 5.02 Å². The van der Waals surface area contributed by atoms with Crippen LogP contribution in [0.1, 0.15) is 27.6 Å². The maximum atomic E-state index is 6.58. The molecule has 0 N–H and O–H groups in total. The van der Waals surface area contributed by atoms with Crippen molar-refractivity contribution in [2.45, 2.75) is 18.7 Å². The molecule has 0 saturated heterocycles. The quantitative estimate of drug-likeness (QED) is 0.733. The molecule has 1 atom stereocenters. The smallest absolute Gasteiger partial charge is 0.162 e. The molecule has 0 saturated carbocycles. The van der Waals surface area contributed by atoms with E-state index >= 15 is 0 Å². The Morgan fingerprint density at radius 3 is 2.55 bits per heavy atom. The minimum Gasteiger partial charge on any atom is -0.486 e. The van der Waals surface area contributed by atoms with Gasteiger partial charge in [-0.25, -0.2) is 0 Å². The van der Waals surface area contributed by atoms with E-state index in [2.05, 4.69) is 19.1 Å². The van der Waals surface area contributed by atoms with E-state index in [4.69, 9.17) is 32.7 Å². The molecule has 1 unspecified atom stereocenters. The van der Waals surface area contributed by atoms with Crippen molar-refractivity contribution in [3.63, 3.8) is 0 Å². The lowest BCUT2D eigenvalue weighted by Gasteiger charge is -2.21. The maximum Gasteiger partial charge on any atom is 0.162 e. The zero-order valence-corrected chi connectivity index (χ0v) is 13.3. The van der Waals surface area contributed by atoms with Gasteiger partial charge in [-0.3, -0.25) is 0 Å². The second-order valence-corrected chi connectivity index (χ2v) is 6.58. The molecule has 0 aliphatic carbocycles. The number of thiophene rings is 1. The van der Waals surface area contributed by atoms with Gasteiger partial charge in [0.15, 0.2) is 11.5 Å². The Morgan fingerprint density at radius 2 is 1.90 bits per heavy atom. The molecule has 0 spiro atoms. The average Bonchev–Trinajstić information content (AvgIpc) is 2.94. The fourth-order valence-corrected chi connectivity index (χ4v) is 3.80. The zero-order valence-electron chi connectivity index (χ0n) is 11.0. The lowest BCUT2D eigenvalue weighted by Crippen LogP contribution is -2.15. The highest BCUT2D eigenvalue weighted by molar-refractivity contribution is 7.12. The number of halogens is 2. The number of hydrogen-bond donors (Lipinski definition) is 0. The molecule has 0 fully saturated rings. The molecule has 1 aromatic heterocycles. The van der Waals surface area contributed by atoms with Gasteiger partial charge in [0.25, 0.3) is 0 Å². The number of hydrogen-bond acceptors (Lipinski definition) is 3. The molecular formula is C15H14Cl2O2S. The van der Waals surface area contributed by atoms with Gasteiger partial charge in [0.1, 0.15) is 13.2 Å². The van der Waals surface area contributed by atoms with Crippen LogP contribution in [0, 0.1) is 0 Å². The predicted octanol–water partition coefficient (Wildman–Crippen LogP) is 5.06. The molecular weight excluding hydrogens is 315 g/mol. The number of aryl methyl sites for hydroxylation is 1. The van der Waals surface area contributed by atoms with Crippen LogP contribution in [0.5, 0.6) is 11.5 Å². The van der Waals surface area contributed by atoms with Crippen molar-refractivity contribution in [2.24, 2.45) is 0 Å². The minimum atomic E-state index is -0.261. The summed E-state index contributed by atoms with van der Waals surface area (Å²) in [5.41, 5.74) is 0.863. The Balaban J connectivity index is 1.96. The Kier molecular flexibility index (Phi) is 4.11. The van der Waals surface area contributed by atoms with Crippen molar-refractivity contribution in [3.05, 3.63) is 44.6 Å². The van der Waals surface area contributed by atoms with E-state index in [1.807, 2.05) is 6.07 Å². The molecule has 106 valence electrons. The molecule has 0 radical (unpaired) electrons. The van der Waals surface area contributed by atoms with Gasteiger partial charge < -0.3 is 9.47 Å². The first-order valence-electron chi connectivity index (χ1n) is 6.50. The number of ether oxygens (including phenoxy) is 2. The lowest BCUT2D eigenvalue weighted by molar-refractivity contribution is 0.171. The van der Waals surface area contributed by atoms with E-state index in [0.717, 1.165) is 16.9 Å². The lowest BCUT2D eigenvalue weighted by atomic mass is 10.1. The monoisotopic (exact) mass is 328 g/mol. The minimum absolute atomic E-state index is 0.261. The van der Waals surface area contributed by atoms with Crippen molar-refractivity contribution in [1.29, 1.82) is 0 Å². The van der Waals surface area contributed by atoms with Gasteiger partial charge in [0.2, 0.25) is 0 Å². The van der Waals surface area contributed by atoms with Crippen LogP contribution >= 0.6 is 34.5 Å².